The number of aromatic nitrogens is 1. The first-order chi connectivity index (χ1) is 16.6. The maximum Gasteiger partial charge on any atom is 0.326 e. The number of para-hydroxylation sites is 1. The predicted molar refractivity (Wildman–Crippen MR) is 132 cm³/mol. The molecule has 1 atom stereocenters. The molecule has 0 aliphatic rings. The number of fused-ring (bicyclic) bond motifs is 1. The van der Waals surface area contributed by atoms with Crippen LogP contribution in [-0.2, 0) is 19.6 Å². The number of esters is 1. The number of benzene rings is 2. The van der Waals surface area contributed by atoms with E-state index < -0.39 is 34.5 Å². The topological polar surface area (TPSA) is 126 Å². The fourth-order valence-electron chi connectivity index (χ4n) is 3.84. The molecule has 0 aliphatic heterocycles. The van der Waals surface area contributed by atoms with Crippen molar-refractivity contribution < 1.29 is 27.5 Å². The molecule has 1 aromatic heterocycles. The van der Waals surface area contributed by atoms with Crippen molar-refractivity contribution in [2.75, 3.05) is 19.6 Å². The van der Waals surface area contributed by atoms with Gasteiger partial charge in [-0.25, -0.2) is 8.42 Å². The summed E-state index contributed by atoms with van der Waals surface area (Å²) in [6.07, 6.45) is -1.04. The fraction of sp³-hybridized carbons (Fsp3) is 0.320. The zero-order valence-corrected chi connectivity index (χ0v) is 20.9. The predicted octanol–water partition coefficient (Wildman–Crippen LogP) is 3.05. The second-order valence-electron chi connectivity index (χ2n) is 7.96. The molecule has 2 aromatic carbocycles. The Kier molecular flexibility index (Phi) is 8.08. The van der Waals surface area contributed by atoms with Crippen LogP contribution in [0.25, 0.3) is 10.9 Å². The van der Waals surface area contributed by atoms with Crippen LogP contribution in [0.3, 0.4) is 0 Å². The van der Waals surface area contributed by atoms with Gasteiger partial charge >= 0.3 is 5.97 Å². The average Bonchev–Trinajstić information content (AvgIpc) is 3.18. The molecule has 35 heavy (non-hydrogen) atoms. The third kappa shape index (κ3) is 5.60. The number of H-pyrrole nitrogens is 1. The van der Waals surface area contributed by atoms with Crippen LogP contribution < -0.4 is 5.32 Å². The number of aromatic amines is 1. The van der Waals surface area contributed by atoms with Crippen molar-refractivity contribution in [1.82, 2.24) is 14.6 Å². The number of ketones is 1. The molecule has 0 spiro atoms. The van der Waals surface area contributed by atoms with Gasteiger partial charge in [0, 0.05) is 40.8 Å². The lowest BCUT2D eigenvalue weighted by Crippen LogP contribution is -2.34. The molecule has 0 saturated carbocycles. The molecule has 1 heterocycles. The van der Waals surface area contributed by atoms with Gasteiger partial charge in [0.15, 0.2) is 6.10 Å². The van der Waals surface area contributed by atoms with Gasteiger partial charge < -0.3 is 15.0 Å². The minimum Gasteiger partial charge on any atom is -0.453 e. The first kappa shape index (κ1) is 26.1. The molecule has 186 valence electrons. The van der Waals surface area contributed by atoms with Crippen LogP contribution in [0.15, 0.2) is 53.4 Å². The van der Waals surface area contributed by atoms with Crippen molar-refractivity contribution in [2.45, 2.75) is 38.7 Å². The normalized spacial score (nSPS) is 12.5. The Hall–Kier alpha value is -3.50. The van der Waals surface area contributed by atoms with Crippen molar-refractivity contribution in [3.8, 4) is 0 Å². The number of amides is 1. The lowest BCUT2D eigenvalue weighted by atomic mass is 10.0. The standard InChI is InChI=1S/C25H29N3O6S/c1-5-28(6-2)35(32,33)19-13-11-18(12-14-19)25(31)26-15-22(29)34-17(4)24(30)23-16(3)27-21-10-8-7-9-20(21)23/h7-14,17,27H,5-6,15H2,1-4H3,(H,26,31). The lowest BCUT2D eigenvalue weighted by molar-refractivity contribution is -0.145. The number of carbonyl (C=O) groups is 3. The SMILES string of the molecule is CCN(CC)S(=O)(=O)c1ccc(C(=O)NCC(=O)OC(C)C(=O)c2c(C)[nH]c3ccccc23)cc1. The van der Waals surface area contributed by atoms with Crippen molar-refractivity contribution in [2.24, 2.45) is 0 Å². The maximum absolute atomic E-state index is 12.9. The summed E-state index contributed by atoms with van der Waals surface area (Å²) in [6, 6.07) is 12.8. The number of aryl methyl sites for hydroxylation is 1. The van der Waals surface area contributed by atoms with Crippen LogP contribution in [0, 0.1) is 6.92 Å². The Morgan fingerprint density at radius 2 is 1.66 bits per heavy atom. The smallest absolute Gasteiger partial charge is 0.326 e. The molecule has 2 N–H and O–H groups in total. The quantitative estimate of drug-likeness (QED) is 0.326. The number of carbonyl (C=O) groups excluding carboxylic acids is 3. The highest BCUT2D eigenvalue weighted by Crippen LogP contribution is 2.24. The Morgan fingerprint density at radius 3 is 2.29 bits per heavy atom. The summed E-state index contributed by atoms with van der Waals surface area (Å²) in [5, 5.41) is 3.18. The molecule has 0 saturated heterocycles. The fourth-order valence-corrected chi connectivity index (χ4v) is 5.29. The third-order valence-electron chi connectivity index (χ3n) is 5.67. The lowest BCUT2D eigenvalue weighted by Gasteiger charge is -2.18. The highest BCUT2D eigenvalue weighted by atomic mass is 32.2. The highest BCUT2D eigenvalue weighted by molar-refractivity contribution is 7.89. The van der Waals surface area contributed by atoms with E-state index in [9.17, 15) is 22.8 Å². The molecular weight excluding hydrogens is 470 g/mol. The number of rotatable bonds is 10. The van der Waals surface area contributed by atoms with Gasteiger partial charge in [-0.2, -0.15) is 4.31 Å². The number of Topliss-reactive ketones (excluding diaryl/α,β-unsaturated/α-hetero) is 1. The van der Waals surface area contributed by atoms with Gasteiger partial charge in [0.05, 0.1) is 4.90 Å². The number of hydrogen-bond donors (Lipinski definition) is 2. The summed E-state index contributed by atoms with van der Waals surface area (Å²) in [6.45, 7) is 6.99. The average molecular weight is 500 g/mol. The molecule has 0 fully saturated rings. The van der Waals surface area contributed by atoms with E-state index in [4.69, 9.17) is 4.74 Å². The van der Waals surface area contributed by atoms with Crippen molar-refractivity contribution in [3.63, 3.8) is 0 Å². The number of nitrogens with zero attached hydrogens (tertiary/aromatic N) is 1. The van der Waals surface area contributed by atoms with Gasteiger partial charge in [-0.1, -0.05) is 32.0 Å². The van der Waals surface area contributed by atoms with Gasteiger partial charge in [-0.15, -0.1) is 0 Å². The largest absolute Gasteiger partial charge is 0.453 e. The summed E-state index contributed by atoms with van der Waals surface area (Å²) in [5.41, 5.74) is 2.15. The number of hydrogen-bond acceptors (Lipinski definition) is 6. The van der Waals surface area contributed by atoms with E-state index in [0.717, 1.165) is 10.9 Å². The Morgan fingerprint density at radius 1 is 1.03 bits per heavy atom. The second-order valence-corrected chi connectivity index (χ2v) is 9.90. The molecule has 9 nitrogen and oxygen atoms in total. The van der Waals surface area contributed by atoms with Crippen LogP contribution in [0.5, 0.6) is 0 Å². The van der Waals surface area contributed by atoms with E-state index in [1.54, 1.807) is 20.8 Å². The zero-order chi connectivity index (χ0) is 25.8. The first-order valence-electron chi connectivity index (χ1n) is 11.3. The first-order valence-corrected chi connectivity index (χ1v) is 12.7. The number of sulfonamides is 1. The van der Waals surface area contributed by atoms with Gasteiger partial charge in [0.25, 0.3) is 5.91 Å². The molecule has 0 aliphatic carbocycles. The Labute approximate surface area is 204 Å². The van der Waals surface area contributed by atoms with Crippen LogP contribution in [0.4, 0.5) is 0 Å². The van der Waals surface area contributed by atoms with Gasteiger partial charge in [0.2, 0.25) is 15.8 Å². The zero-order valence-electron chi connectivity index (χ0n) is 20.1. The van der Waals surface area contributed by atoms with Crippen LogP contribution >= 0.6 is 0 Å². The summed E-state index contributed by atoms with van der Waals surface area (Å²) >= 11 is 0. The molecule has 3 aromatic rings. The summed E-state index contributed by atoms with van der Waals surface area (Å²) in [4.78, 5) is 40.8. The highest BCUT2D eigenvalue weighted by Gasteiger charge is 2.25. The second kappa shape index (κ2) is 10.8. The van der Waals surface area contributed by atoms with E-state index in [0.29, 0.717) is 24.3 Å². The minimum atomic E-state index is -3.63. The monoisotopic (exact) mass is 499 g/mol. The molecule has 0 bridgehead atoms. The molecule has 3 rings (SSSR count). The summed E-state index contributed by atoms with van der Waals surface area (Å²) in [5.74, 6) is -1.68. The van der Waals surface area contributed by atoms with E-state index in [1.807, 2.05) is 24.3 Å². The van der Waals surface area contributed by atoms with Crippen LogP contribution in [-0.4, -0.2) is 61.1 Å². The van der Waals surface area contributed by atoms with E-state index in [1.165, 1.54) is 35.5 Å². The van der Waals surface area contributed by atoms with Crippen LogP contribution in [0.2, 0.25) is 0 Å². The van der Waals surface area contributed by atoms with E-state index >= 15 is 0 Å². The van der Waals surface area contributed by atoms with Crippen LogP contribution in [0.1, 0.15) is 47.2 Å². The third-order valence-corrected chi connectivity index (χ3v) is 7.73. The summed E-state index contributed by atoms with van der Waals surface area (Å²) in [7, 11) is -3.63. The molecule has 1 amide bonds. The number of ether oxygens (including phenoxy) is 1. The van der Waals surface area contributed by atoms with E-state index in [-0.39, 0.29) is 16.2 Å². The number of nitrogens with one attached hydrogen (secondary N) is 2. The Balaban J connectivity index is 1.59. The molecule has 0 radical (unpaired) electrons. The van der Waals surface area contributed by atoms with Gasteiger partial charge in [0.1, 0.15) is 6.54 Å². The summed E-state index contributed by atoms with van der Waals surface area (Å²) < 4.78 is 31.7. The van der Waals surface area contributed by atoms with Crippen molar-refractivity contribution in [1.29, 1.82) is 0 Å². The molecule has 1 unspecified atom stereocenters. The molecule has 10 heteroatoms. The van der Waals surface area contributed by atoms with E-state index in [2.05, 4.69) is 10.3 Å². The van der Waals surface area contributed by atoms with Crippen molar-refractivity contribution in [3.05, 3.63) is 65.4 Å². The van der Waals surface area contributed by atoms with Crippen molar-refractivity contribution >= 4 is 38.6 Å². The molecular formula is C25H29N3O6S. The minimum absolute atomic E-state index is 0.0806. The Bertz CT molecular complexity index is 1340. The van der Waals surface area contributed by atoms with Gasteiger partial charge in [-0.05, 0) is 44.2 Å². The maximum atomic E-state index is 12.9. The van der Waals surface area contributed by atoms with Gasteiger partial charge in [-0.3, -0.25) is 14.4 Å².